The molecule has 0 radical (unpaired) electrons. The number of ketones is 1. The summed E-state index contributed by atoms with van der Waals surface area (Å²) in [5.74, 6) is 0.0990. The first-order valence-corrected chi connectivity index (χ1v) is 6.96. The average molecular weight is 280 g/mol. The van der Waals surface area contributed by atoms with Gasteiger partial charge >= 0.3 is 0 Å². The van der Waals surface area contributed by atoms with E-state index < -0.39 is 0 Å². The highest BCUT2D eigenvalue weighted by Gasteiger charge is 2.21. The smallest absolute Gasteiger partial charge is 0.227 e. The summed E-state index contributed by atoms with van der Waals surface area (Å²) >= 11 is 0. The first kappa shape index (κ1) is 13.4. The van der Waals surface area contributed by atoms with Crippen molar-refractivity contribution in [1.29, 1.82) is 0 Å². The molecule has 1 aliphatic heterocycles. The maximum atomic E-state index is 12.3. The van der Waals surface area contributed by atoms with Gasteiger partial charge in [0.1, 0.15) is 0 Å². The molecule has 1 amide bonds. The zero-order valence-corrected chi connectivity index (χ0v) is 11.6. The lowest BCUT2D eigenvalue weighted by atomic mass is 10.0. The quantitative estimate of drug-likeness (QED) is 0.694. The van der Waals surface area contributed by atoms with Gasteiger partial charge in [0.2, 0.25) is 5.91 Å². The molecule has 1 aliphatic rings. The van der Waals surface area contributed by atoms with Gasteiger partial charge in [0, 0.05) is 35.5 Å². The van der Waals surface area contributed by atoms with Crippen molar-refractivity contribution < 1.29 is 9.59 Å². The molecule has 2 aromatic rings. The van der Waals surface area contributed by atoms with Gasteiger partial charge in [-0.25, -0.2) is 0 Å². The molecule has 1 fully saturated rings. The SMILES string of the molecule is Nc1ccc(C(=O)c2ccc(N3CCCC3=O)cc2)cc1. The molecule has 0 atom stereocenters. The topological polar surface area (TPSA) is 63.4 Å². The Labute approximate surface area is 123 Å². The van der Waals surface area contributed by atoms with Crippen LogP contribution in [0.5, 0.6) is 0 Å². The molecule has 3 rings (SSSR count). The Morgan fingerprint density at radius 1 is 0.952 bits per heavy atom. The second kappa shape index (κ2) is 5.40. The fraction of sp³-hybridized carbons (Fsp3) is 0.176. The van der Waals surface area contributed by atoms with Gasteiger partial charge in [0.25, 0.3) is 0 Å². The Hall–Kier alpha value is -2.62. The first-order chi connectivity index (χ1) is 10.1. The van der Waals surface area contributed by atoms with E-state index in [1.165, 1.54) is 0 Å². The molecule has 0 bridgehead atoms. The average Bonchev–Trinajstić information content (AvgIpc) is 2.94. The first-order valence-electron chi connectivity index (χ1n) is 6.96. The van der Waals surface area contributed by atoms with Crippen molar-refractivity contribution in [3.8, 4) is 0 Å². The molecular formula is C17H16N2O2. The lowest BCUT2D eigenvalue weighted by molar-refractivity contribution is -0.117. The molecule has 0 aliphatic carbocycles. The number of rotatable bonds is 3. The van der Waals surface area contributed by atoms with Crippen LogP contribution in [0.3, 0.4) is 0 Å². The second-order valence-corrected chi connectivity index (χ2v) is 5.15. The van der Waals surface area contributed by atoms with Crippen molar-refractivity contribution >= 4 is 23.1 Å². The summed E-state index contributed by atoms with van der Waals surface area (Å²) < 4.78 is 0. The van der Waals surface area contributed by atoms with Crippen LogP contribution in [0.2, 0.25) is 0 Å². The van der Waals surface area contributed by atoms with E-state index in [2.05, 4.69) is 0 Å². The number of carbonyl (C=O) groups excluding carboxylic acids is 2. The van der Waals surface area contributed by atoms with E-state index in [9.17, 15) is 9.59 Å². The van der Waals surface area contributed by atoms with Crippen molar-refractivity contribution in [2.45, 2.75) is 12.8 Å². The normalized spacial score (nSPS) is 14.5. The maximum Gasteiger partial charge on any atom is 0.227 e. The summed E-state index contributed by atoms with van der Waals surface area (Å²) in [4.78, 5) is 25.8. The van der Waals surface area contributed by atoms with Crippen LogP contribution in [-0.2, 0) is 4.79 Å². The fourth-order valence-electron chi connectivity index (χ4n) is 2.52. The van der Waals surface area contributed by atoms with E-state index in [-0.39, 0.29) is 11.7 Å². The molecule has 0 unspecified atom stereocenters. The van der Waals surface area contributed by atoms with E-state index >= 15 is 0 Å². The fourth-order valence-corrected chi connectivity index (χ4v) is 2.52. The van der Waals surface area contributed by atoms with Crippen LogP contribution in [-0.4, -0.2) is 18.2 Å². The third-order valence-corrected chi connectivity index (χ3v) is 3.69. The summed E-state index contributed by atoms with van der Waals surface area (Å²) in [6.45, 7) is 0.754. The molecule has 0 saturated carbocycles. The number of nitrogens with two attached hydrogens (primary N) is 1. The highest BCUT2D eigenvalue weighted by atomic mass is 16.2. The summed E-state index contributed by atoms with van der Waals surface area (Å²) in [5, 5.41) is 0. The number of nitrogens with zero attached hydrogens (tertiary/aromatic N) is 1. The van der Waals surface area contributed by atoms with Crippen molar-refractivity contribution in [2.24, 2.45) is 0 Å². The molecular weight excluding hydrogens is 264 g/mol. The highest BCUT2D eigenvalue weighted by Crippen LogP contribution is 2.22. The van der Waals surface area contributed by atoms with Crippen LogP contribution < -0.4 is 10.6 Å². The molecule has 21 heavy (non-hydrogen) atoms. The number of benzene rings is 2. The van der Waals surface area contributed by atoms with Gasteiger partial charge in [-0.1, -0.05) is 0 Å². The number of amides is 1. The third-order valence-electron chi connectivity index (χ3n) is 3.69. The van der Waals surface area contributed by atoms with E-state index in [0.29, 0.717) is 23.2 Å². The van der Waals surface area contributed by atoms with E-state index in [0.717, 1.165) is 18.7 Å². The van der Waals surface area contributed by atoms with Gasteiger partial charge in [0.15, 0.2) is 5.78 Å². The van der Waals surface area contributed by atoms with Crippen LogP contribution in [0.15, 0.2) is 48.5 Å². The van der Waals surface area contributed by atoms with E-state index in [1.807, 2.05) is 12.1 Å². The molecule has 0 aromatic heterocycles. The Bertz CT molecular complexity index is 675. The van der Waals surface area contributed by atoms with Gasteiger partial charge in [-0.05, 0) is 55.0 Å². The number of hydrogen-bond donors (Lipinski definition) is 1. The molecule has 2 aromatic carbocycles. The predicted octanol–water partition coefficient (Wildman–Crippen LogP) is 2.63. The van der Waals surface area contributed by atoms with Crippen molar-refractivity contribution in [2.75, 3.05) is 17.2 Å². The largest absolute Gasteiger partial charge is 0.399 e. The van der Waals surface area contributed by atoms with Gasteiger partial charge < -0.3 is 10.6 Å². The van der Waals surface area contributed by atoms with Crippen LogP contribution in [0, 0.1) is 0 Å². The zero-order chi connectivity index (χ0) is 14.8. The Balaban J connectivity index is 1.82. The van der Waals surface area contributed by atoms with Gasteiger partial charge in [-0.15, -0.1) is 0 Å². The summed E-state index contributed by atoms with van der Waals surface area (Å²) in [6, 6.07) is 14.0. The Kier molecular flexibility index (Phi) is 3.44. The molecule has 4 nitrogen and oxygen atoms in total. The lowest BCUT2D eigenvalue weighted by Crippen LogP contribution is -2.23. The standard InChI is InChI=1S/C17H16N2O2/c18-14-7-3-12(4-8-14)17(21)13-5-9-15(10-6-13)19-11-1-2-16(19)20/h3-10H,1-2,11,18H2. The zero-order valence-electron chi connectivity index (χ0n) is 11.6. The predicted molar refractivity (Wildman–Crippen MR) is 82.3 cm³/mol. The highest BCUT2D eigenvalue weighted by molar-refractivity contribution is 6.09. The Morgan fingerprint density at radius 3 is 2.05 bits per heavy atom. The number of nitrogen functional groups attached to an aromatic ring is 1. The summed E-state index contributed by atoms with van der Waals surface area (Å²) in [7, 11) is 0. The number of hydrogen-bond acceptors (Lipinski definition) is 3. The molecule has 106 valence electrons. The molecule has 4 heteroatoms. The third kappa shape index (κ3) is 2.65. The summed E-state index contributed by atoms with van der Waals surface area (Å²) in [5.41, 5.74) is 8.32. The molecule has 1 heterocycles. The number of carbonyl (C=O) groups is 2. The van der Waals surface area contributed by atoms with Gasteiger partial charge in [-0.2, -0.15) is 0 Å². The molecule has 0 spiro atoms. The van der Waals surface area contributed by atoms with Crippen molar-refractivity contribution in [1.82, 2.24) is 0 Å². The minimum Gasteiger partial charge on any atom is -0.399 e. The number of anilines is 2. The van der Waals surface area contributed by atoms with Crippen LogP contribution >= 0.6 is 0 Å². The van der Waals surface area contributed by atoms with Crippen molar-refractivity contribution in [3.05, 3.63) is 59.7 Å². The minimum atomic E-state index is -0.0469. The van der Waals surface area contributed by atoms with E-state index in [4.69, 9.17) is 5.73 Å². The molecule has 1 saturated heterocycles. The van der Waals surface area contributed by atoms with Crippen LogP contribution in [0.4, 0.5) is 11.4 Å². The maximum absolute atomic E-state index is 12.3. The summed E-state index contributed by atoms with van der Waals surface area (Å²) in [6.07, 6.45) is 1.50. The van der Waals surface area contributed by atoms with E-state index in [1.54, 1.807) is 41.3 Å². The van der Waals surface area contributed by atoms with Crippen molar-refractivity contribution in [3.63, 3.8) is 0 Å². The Morgan fingerprint density at radius 2 is 1.52 bits per heavy atom. The van der Waals surface area contributed by atoms with Gasteiger partial charge in [-0.3, -0.25) is 9.59 Å². The van der Waals surface area contributed by atoms with Crippen LogP contribution in [0.25, 0.3) is 0 Å². The lowest BCUT2D eigenvalue weighted by Gasteiger charge is -2.15. The second-order valence-electron chi connectivity index (χ2n) is 5.15. The van der Waals surface area contributed by atoms with Gasteiger partial charge in [0.05, 0.1) is 0 Å². The molecule has 2 N–H and O–H groups in total. The minimum absolute atomic E-state index is 0.0469. The monoisotopic (exact) mass is 280 g/mol. The van der Waals surface area contributed by atoms with Crippen LogP contribution in [0.1, 0.15) is 28.8 Å².